The zero-order chi connectivity index (χ0) is 15.7. The topological polar surface area (TPSA) is 43.8 Å². The minimum Gasteiger partial charge on any atom is -0.465 e. The van der Waals surface area contributed by atoms with E-state index in [1.54, 1.807) is 7.05 Å². The number of rotatable bonds is 9. The van der Waals surface area contributed by atoms with Gasteiger partial charge in [0, 0.05) is 20.1 Å². The molecule has 1 fully saturated rings. The highest BCUT2D eigenvalue weighted by Gasteiger charge is 2.21. The van der Waals surface area contributed by atoms with Crippen molar-refractivity contribution in [3.63, 3.8) is 0 Å². The van der Waals surface area contributed by atoms with Gasteiger partial charge >= 0.3 is 6.09 Å². The minimum atomic E-state index is -0.813. The summed E-state index contributed by atoms with van der Waals surface area (Å²) in [4.78, 5) is 14.5. The largest absolute Gasteiger partial charge is 0.465 e. The van der Waals surface area contributed by atoms with Gasteiger partial charge < -0.3 is 14.9 Å². The zero-order valence-electron chi connectivity index (χ0n) is 13.8. The van der Waals surface area contributed by atoms with Crippen molar-refractivity contribution in [3.05, 3.63) is 12.7 Å². The molecule has 0 unspecified atom stereocenters. The summed E-state index contributed by atoms with van der Waals surface area (Å²) in [6.45, 7) is 6.58. The van der Waals surface area contributed by atoms with Crippen LogP contribution in [-0.2, 0) is 0 Å². The molecule has 0 atom stereocenters. The van der Waals surface area contributed by atoms with Crippen molar-refractivity contribution in [2.24, 2.45) is 11.8 Å². The molecule has 1 aliphatic carbocycles. The van der Waals surface area contributed by atoms with Gasteiger partial charge in [-0.25, -0.2) is 4.79 Å². The summed E-state index contributed by atoms with van der Waals surface area (Å²) in [6, 6.07) is 0. The van der Waals surface area contributed by atoms with Crippen LogP contribution in [0.25, 0.3) is 0 Å². The molecule has 1 rings (SSSR count). The summed E-state index contributed by atoms with van der Waals surface area (Å²) in [7, 11) is 3.81. The highest BCUT2D eigenvalue weighted by atomic mass is 16.4. The Hall–Kier alpha value is -1.03. The van der Waals surface area contributed by atoms with Crippen molar-refractivity contribution in [2.75, 3.05) is 33.7 Å². The van der Waals surface area contributed by atoms with Crippen LogP contribution in [0.15, 0.2) is 12.7 Å². The van der Waals surface area contributed by atoms with E-state index >= 15 is 0 Å². The lowest BCUT2D eigenvalue weighted by molar-refractivity contribution is 0.149. The third kappa shape index (κ3) is 7.51. The normalized spacial score (nSPS) is 22.2. The summed E-state index contributed by atoms with van der Waals surface area (Å²) >= 11 is 0. The Bertz CT molecular complexity index is 312. The Balaban J connectivity index is 2.09. The van der Waals surface area contributed by atoms with E-state index in [9.17, 15) is 4.79 Å². The van der Waals surface area contributed by atoms with Crippen LogP contribution in [0.5, 0.6) is 0 Å². The molecule has 0 aromatic heterocycles. The molecule has 4 heteroatoms. The van der Waals surface area contributed by atoms with Gasteiger partial charge in [0.05, 0.1) is 0 Å². The van der Waals surface area contributed by atoms with Gasteiger partial charge in [0.15, 0.2) is 0 Å². The summed E-state index contributed by atoms with van der Waals surface area (Å²) in [6.07, 6.45) is 9.99. The van der Waals surface area contributed by atoms with E-state index in [1.165, 1.54) is 43.4 Å². The molecule has 0 aliphatic heterocycles. The monoisotopic (exact) mass is 296 g/mol. The fourth-order valence-corrected chi connectivity index (χ4v) is 3.24. The van der Waals surface area contributed by atoms with Gasteiger partial charge in [-0.3, -0.25) is 0 Å². The fourth-order valence-electron chi connectivity index (χ4n) is 3.24. The maximum absolute atomic E-state index is 10.8. The smallest absolute Gasteiger partial charge is 0.407 e. The molecule has 0 heterocycles. The first-order chi connectivity index (χ1) is 10.0. The first kappa shape index (κ1) is 18.0. The van der Waals surface area contributed by atoms with Crippen LogP contribution in [0.3, 0.4) is 0 Å². The summed E-state index contributed by atoms with van der Waals surface area (Å²) in [5.74, 6) is 1.61. The van der Waals surface area contributed by atoms with Gasteiger partial charge in [-0.1, -0.05) is 31.8 Å². The molecule has 0 aromatic rings. The number of nitrogens with zero attached hydrogens (tertiary/aromatic N) is 2. The molecule has 1 aliphatic rings. The van der Waals surface area contributed by atoms with Crippen LogP contribution in [-0.4, -0.2) is 54.7 Å². The van der Waals surface area contributed by atoms with E-state index < -0.39 is 6.09 Å². The summed E-state index contributed by atoms with van der Waals surface area (Å²) in [5.41, 5.74) is 0. The second-order valence-corrected chi connectivity index (χ2v) is 6.57. The predicted octanol–water partition coefficient (Wildman–Crippen LogP) is 3.69. The molecular weight excluding hydrogens is 264 g/mol. The SMILES string of the molecule is C=CCN(C)CCCC1CCC(CCN(C)C(=O)O)CC1. The molecular formula is C17H32N2O2. The third-order valence-corrected chi connectivity index (χ3v) is 4.76. The number of hydrogen-bond donors (Lipinski definition) is 1. The number of carboxylic acid groups (broad SMARTS) is 1. The lowest BCUT2D eigenvalue weighted by Gasteiger charge is -2.29. The van der Waals surface area contributed by atoms with Gasteiger partial charge in [0.1, 0.15) is 0 Å². The molecule has 0 bridgehead atoms. The van der Waals surface area contributed by atoms with Crippen molar-refractivity contribution in [3.8, 4) is 0 Å². The quantitative estimate of drug-likeness (QED) is 0.660. The van der Waals surface area contributed by atoms with E-state index in [0.29, 0.717) is 6.54 Å². The average molecular weight is 296 g/mol. The molecule has 0 saturated heterocycles. The minimum absolute atomic E-state index is 0.678. The second kappa shape index (κ2) is 9.82. The Labute approximate surface area is 129 Å². The van der Waals surface area contributed by atoms with E-state index in [4.69, 9.17) is 5.11 Å². The third-order valence-electron chi connectivity index (χ3n) is 4.76. The van der Waals surface area contributed by atoms with Crippen molar-refractivity contribution in [1.29, 1.82) is 0 Å². The van der Waals surface area contributed by atoms with Gasteiger partial charge in [-0.05, 0) is 44.7 Å². The van der Waals surface area contributed by atoms with Crippen LogP contribution in [0.2, 0.25) is 0 Å². The Kier molecular flexibility index (Phi) is 8.43. The van der Waals surface area contributed by atoms with Crippen molar-refractivity contribution < 1.29 is 9.90 Å². The maximum Gasteiger partial charge on any atom is 0.407 e. The molecule has 21 heavy (non-hydrogen) atoms. The second-order valence-electron chi connectivity index (χ2n) is 6.57. The number of hydrogen-bond acceptors (Lipinski definition) is 2. The fraction of sp³-hybridized carbons (Fsp3) is 0.824. The van der Waals surface area contributed by atoms with Crippen LogP contribution in [0, 0.1) is 11.8 Å². The molecule has 0 radical (unpaired) electrons. The molecule has 122 valence electrons. The summed E-state index contributed by atoms with van der Waals surface area (Å²) < 4.78 is 0. The van der Waals surface area contributed by atoms with Crippen LogP contribution >= 0.6 is 0 Å². The van der Waals surface area contributed by atoms with Crippen molar-refractivity contribution in [2.45, 2.75) is 44.9 Å². The highest BCUT2D eigenvalue weighted by molar-refractivity contribution is 5.64. The molecule has 1 saturated carbocycles. The van der Waals surface area contributed by atoms with Crippen LogP contribution < -0.4 is 0 Å². The molecule has 0 aromatic carbocycles. The molecule has 4 nitrogen and oxygen atoms in total. The average Bonchev–Trinajstić information content (AvgIpc) is 2.46. The lowest BCUT2D eigenvalue weighted by Crippen LogP contribution is -2.28. The van der Waals surface area contributed by atoms with Gasteiger partial charge in [-0.15, -0.1) is 6.58 Å². The first-order valence-electron chi connectivity index (χ1n) is 8.26. The zero-order valence-corrected chi connectivity index (χ0v) is 13.8. The van der Waals surface area contributed by atoms with E-state index in [-0.39, 0.29) is 0 Å². The standard InChI is InChI=1S/C17H32N2O2/c1-4-12-18(2)13-5-6-15-7-9-16(10-8-15)11-14-19(3)17(20)21/h4,15-16H,1,5-14H2,2-3H3,(H,20,21). The van der Waals surface area contributed by atoms with Gasteiger partial charge in [0.25, 0.3) is 0 Å². The van der Waals surface area contributed by atoms with Crippen molar-refractivity contribution >= 4 is 6.09 Å². The Morgan fingerprint density at radius 3 is 2.24 bits per heavy atom. The Morgan fingerprint density at radius 1 is 1.14 bits per heavy atom. The lowest BCUT2D eigenvalue weighted by atomic mass is 9.78. The highest BCUT2D eigenvalue weighted by Crippen LogP contribution is 2.33. The molecule has 1 N–H and O–H groups in total. The number of likely N-dealkylation sites (N-methyl/N-ethyl adjacent to an activating group) is 1. The van der Waals surface area contributed by atoms with Crippen LogP contribution in [0.4, 0.5) is 4.79 Å². The maximum atomic E-state index is 10.8. The Morgan fingerprint density at radius 2 is 1.71 bits per heavy atom. The van der Waals surface area contributed by atoms with Gasteiger partial charge in [-0.2, -0.15) is 0 Å². The summed E-state index contributed by atoms with van der Waals surface area (Å²) in [5, 5.41) is 8.85. The predicted molar refractivity (Wildman–Crippen MR) is 87.6 cm³/mol. The van der Waals surface area contributed by atoms with E-state index in [2.05, 4.69) is 18.5 Å². The number of amides is 1. The molecule has 1 amide bonds. The van der Waals surface area contributed by atoms with Crippen LogP contribution in [0.1, 0.15) is 44.9 Å². The molecule has 0 spiro atoms. The first-order valence-corrected chi connectivity index (χ1v) is 8.26. The number of carbonyl (C=O) groups is 1. The van der Waals surface area contributed by atoms with E-state index in [1.807, 2.05) is 6.08 Å². The van der Waals surface area contributed by atoms with Gasteiger partial charge in [0.2, 0.25) is 0 Å². The van der Waals surface area contributed by atoms with E-state index in [0.717, 1.165) is 31.3 Å². The van der Waals surface area contributed by atoms with Crippen molar-refractivity contribution in [1.82, 2.24) is 9.80 Å².